The second-order valence-electron chi connectivity index (χ2n) is 3.85. The minimum Gasteiger partial charge on any atom is -0.481 e. The molecule has 1 aromatic rings. The topological polar surface area (TPSA) is 83.5 Å². The first-order valence-corrected chi connectivity index (χ1v) is 6.63. The SMILES string of the molecule is CC(NS(=O)(=O)c1ccccc1)C(C)C(=O)O. The van der Waals surface area contributed by atoms with Gasteiger partial charge in [-0.25, -0.2) is 13.1 Å². The number of rotatable bonds is 5. The highest BCUT2D eigenvalue weighted by atomic mass is 32.2. The number of sulfonamides is 1. The highest BCUT2D eigenvalue weighted by Crippen LogP contribution is 2.11. The Morgan fingerprint density at radius 3 is 2.24 bits per heavy atom. The van der Waals surface area contributed by atoms with Crippen molar-refractivity contribution in [2.45, 2.75) is 24.8 Å². The Morgan fingerprint density at radius 1 is 1.24 bits per heavy atom. The fourth-order valence-electron chi connectivity index (χ4n) is 1.23. The van der Waals surface area contributed by atoms with Crippen molar-refractivity contribution in [1.29, 1.82) is 0 Å². The highest BCUT2D eigenvalue weighted by Gasteiger charge is 2.24. The Hall–Kier alpha value is -1.40. The van der Waals surface area contributed by atoms with E-state index in [0.29, 0.717) is 0 Å². The second-order valence-corrected chi connectivity index (χ2v) is 5.56. The van der Waals surface area contributed by atoms with Crippen LogP contribution in [-0.2, 0) is 14.8 Å². The predicted molar refractivity (Wildman–Crippen MR) is 63.0 cm³/mol. The van der Waals surface area contributed by atoms with Gasteiger partial charge in [0.15, 0.2) is 0 Å². The molecule has 0 bridgehead atoms. The maximum atomic E-state index is 11.9. The van der Waals surface area contributed by atoms with E-state index in [0.717, 1.165) is 0 Å². The number of carboxylic acids is 1. The minimum atomic E-state index is -3.65. The summed E-state index contributed by atoms with van der Waals surface area (Å²) in [5.74, 6) is -1.82. The van der Waals surface area contributed by atoms with Crippen LogP contribution in [0.2, 0.25) is 0 Å². The second kappa shape index (κ2) is 5.29. The van der Waals surface area contributed by atoms with E-state index < -0.39 is 28.0 Å². The summed E-state index contributed by atoms with van der Waals surface area (Å²) in [6, 6.07) is 7.18. The Balaban J connectivity index is 2.85. The van der Waals surface area contributed by atoms with Crippen molar-refractivity contribution in [3.8, 4) is 0 Å². The Morgan fingerprint density at radius 2 is 1.76 bits per heavy atom. The van der Waals surface area contributed by atoms with Gasteiger partial charge in [-0.1, -0.05) is 25.1 Å². The number of aliphatic carboxylic acids is 1. The van der Waals surface area contributed by atoms with Gasteiger partial charge in [-0.05, 0) is 19.1 Å². The van der Waals surface area contributed by atoms with Crippen molar-refractivity contribution in [3.63, 3.8) is 0 Å². The molecule has 0 aliphatic heterocycles. The van der Waals surface area contributed by atoms with E-state index in [2.05, 4.69) is 4.72 Å². The van der Waals surface area contributed by atoms with Crippen molar-refractivity contribution >= 4 is 16.0 Å². The molecule has 2 N–H and O–H groups in total. The first kappa shape index (κ1) is 13.7. The van der Waals surface area contributed by atoms with E-state index in [-0.39, 0.29) is 4.90 Å². The Kier molecular flexibility index (Phi) is 4.25. The van der Waals surface area contributed by atoms with Gasteiger partial charge >= 0.3 is 5.97 Å². The maximum absolute atomic E-state index is 11.9. The standard InChI is InChI=1S/C11H15NO4S/c1-8(11(13)14)9(2)12-17(15,16)10-6-4-3-5-7-10/h3-9,12H,1-2H3,(H,13,14). The van der Waals surface area contributed by atoms with Gasteiger partial charge in [0.1, 0.15) is 0 Å². The van der Waals surface area contributed by atoms with E-state index in [1.165, 1.54) is 26.0 Å². The van der Waals surface area contributed by atoms with Crippen molar-refractivity contribution in [2.24, 2.45) is 5.92 Å². The third kappa shape index (κ3) is 3.54. The lowest BCUT2D eigenvalue weighted by molar-refractivity contribution is -0.141. The molecule has 6 heteroatoms. The van der Waals surface area contributed by atoms with Crippen LogP contribution in [0.3, 0.4) is 0 Å². The number of benzene rings is 1. The zero-order valence-electron chi connectivity index (χ0n) is 9.62. The van der Waals surface area contributed by atoms with Crippen LogP contribution >= 0.6 is 0 Å². The van der Waals surface area contributed by atoms with Gasteiger partial charge in [0, 0.05) is 6.04 Å². The third-order valence-corrected chi connectivity index (χ3v) is 4.11. The molecule has 0 saturated carbocycles. The van der Waals surface area contributed by atoms with E-state index in [1.54, 1.807) is 18.2 Å². The molecule has 17 heavy (non-hydrogen) atoms. The first-order chi connectivity index (χ1) is 7.84. The van der Waals surface area contributed by atoms with Gasteiger partial charge in [-0.15, -0.1) is 0 Å². The number of carboxylic acid groups (broad SMARTS) is 1. The molecule has 0 heterocycles. The lowest BCUT2D eigenvalue weighted by Gasteiger charge is -2.17. The predicted octanol–water partition coefficient (Wildman–Crippen LogP) is 1.07. The monoisotopic (exact) mass is 257 g/mol. The molecular weight excluding hydrogens is 242 g/mol. The van der Waals surface area contributed by atoms with Gasteiger partial charge in [-0.2, -0.15) is 0 Å². The normalized spacial score (nSPS) is 15.2. The molecule has 1 rings (SSSR count). The Labute approximate surface area is 101 Å². The molecule has 0 aliphatic carbocycles. The van der Waals surface area contributed by atoms with E-state index >= 15 is 0 Å². The zero-order valence-corrected chi connectivity index (χ0v) is 10.4. The molecule has 5 nitrogen and oxygen atoms in total. The molecule has 0 radical (unpaired) electrons. The van der Waals surface area contributed by atoms with Crippen LogP contribution in [0.4, 0.5) is 0 Å². The van der Waals surface area contributed by atoms with Crippen LogP contribution in [-0.4, -0.2) is 25.5 Å². The van der Waals surface area contributed by atoms with E-state index in [1.807, 2.05) is 0 Å². The quantitative estimate of drug-likeness (QED) is 0.826. The van der Waals surface area contributed by atoms with Gasteiger partial charge in [0.2, 0.25) is 10.0 Å². The maximum Gasteiger partial charge on any atom is 0.307 e. The minimum absolute atomic E-state index is 0.129. The van der Waals surface area contributed by atoms with Crippen molar-refractivity contribution in [3.05, 3.63) is 30.3 Å². The van der Waals surface area contributed by atoms with E-state index in [9.17, 15) is 13.2 Å². The van der Waals surface area contributed by atoms with Crippen molar-refractivity contribution in [2.75, 3.05) is 0 Å². The Bertz CT molecular complexity index is 483. The van der Waals surface area contributed by atoms with Crippen LogP contribution in [0.1, 0.15) is 13.8 Å². The summed E-state index contributed by atoms with van der Waals surface area (Å²) < 4.78 is 26.1. The molecule has 1 aromatic carbocycles. The fraction of sp³-hybridized carbons (Fsp3) is 0.364. The lowest BCUT2D eigenvalue weighted by atomic mass is 10.1. The van der Waals surface area contributed by atoms with Crippen molar-refractivity contribution < 1.29 is 18.3 Å². The van der Waals surface area contributed by atoms with Gasteiger partial charge in [0.25, 0.3) is 0 Å². The molecule has 0 aliphatic rings. The number of carbonyl (C=O) groups is 1. The van der Waals surface area contributed by atoms with Crippen molar-refractivity contribution in [1.82, 2.24) is 4.72 Å². The molecule has 0 aromatic heterocycles. The summed E-state index contributed by atoms with van der Waals surface area (Å²) in [5, 5.41) is 8.78. The summed E-state index contributed by atoms with van der Waals surface area (Å²) in [7, 11) is -3.65. The fourth-order valence-corrected chi connectivity index (χ4v) is 2.57. The third-order valence-electron chi connectivity index (χ3n) is 2.53. The van der Waals surface area contributed by atoms with Crippen LogP contribution in [0, 0.1) is 5.92 Å². The zero-order chi connectivity index (χ0) is 13.1. The summed E-state index contributed by atoms with van der Waals surface area (Å²) in [5.41, 5.74) is 0. The molecule has 0 saturated heterocycles. The highest BCUT2D eigenvalue weighted by molar-refractivity contribution is 7.89. The van der Waals surface area contributed by atoms with Crippen LogP contribution in [0.5, 0.6) is 0 Å². The lowest BCUT2D eigenvalue weighted by Crippen LogP contribution is -2.39. The smallest absolute Gasteiger partial charge is 0.307 e. The average Bonchev–Trinajstić information content (AvgIpc) is 2.28. The number of hydrogen-bond acceptors (Lipinski definition) is 3. The largest absolute Gasteiger partial charge is 0.481 e. The van der Waals surface area contributed by atoms with Gasteiger partial charge in [0.05, 0.1) is 10.8 Å². The van der Waals surface area contributed by atoms with Gasteiger partial charge < -0.3 is 5.11 Å². The van der Waals surface area contributed by atoms with Crippen LogP contribution in [0.25, 0.3) is 0 Å². The van der Waals surface area contributed by atoms with Gasteiger partial charge in [-0.3, -0.25) is 4.79 Å². The molecule has 0 spiro atoms. The molecule has 0 amide bonds. The molecular formula is C11H15NO4S. The summed E-state index contributed by atoms with van der Waals surface area (Å²) in [4.78, 5) is 10.9. The van der Waals surface area contributed by atoms with Crippen LogP contribution in [0.15, 0.2) is 35.2 Å². The summed E-state index contributed by atoms with van der Waals surface area (Å²) >= 11 is 0. The molecule has 0 fully saturated rings. The number of nitrogens with one attached hydrogen (secondary N) is 1. The first-order valence-electron chi connectivity index (χ1n) is 5.15. The number of hydrogen-bond donors (Lipinski definition) is 2. The average molecular weight is 257 g/mol. The van der Waals surface area contributed by atoms with Crippen LogP contribution < -0.4 is 4.72 Å². The van der Waals surface area contributed by atoms with E-state index in [4.69, 9.17) is 5.11 Å². The molecule has 2 atom stereocenters. The molecule has 2 unspecified atom stereocenters. The summed E-state index contributed by atoms with van der Waals surface area (Å²) in [6.45, 7) is 2.99. The molecule has 94 valence electrons. The summed E-state index contributed by atoms with van der Waals surface area (Å²) in [6.07, 6.45) is 0.